The molecule has 0 saturated heterocycles. The molecule has 3 rings (SSSR count). The lowest BCUT2D eigenvalue weighted by Gasteiger charge is -2.13. The Balaban J connectivity index is 1.70. The Labute approximate surface area is 173 Å². The van der Waals surface area contributed by atoms with E-state index >= 15 is 0 Å². The second-order valence-electron chi connectivity index (χ2n) is 6.74. The lowest BCUT2D eigenvalue weighted by Crippen LogP contribution is -2.33. The fourth-order valence-electron chi connectivity index (χ4n) is 2.84. The van der Waals surface area contributed by atoms with E-state index in [2.05, 4.69) is 4.98 Å². The van der Waals surface area contributed by atoms with Gasteiger partial charge in [-0.1, -0.05) is 42.5 Å². The van der Waals surface area contributed by atoms with Gasteiger partial charge in [-0.2, -0.15) is 0 Å². The molecule has 0 saturated carbocycles. The molecule has 1 unspecified atom stereocenters. The number of hydrogen-bond donors (Lipinski definition) is 3. The van der Waals surface area contributed by atoms with E-state index in [1.807, 2.05) is 54.6 Å². The molecule has 0 bridgehead atoms. The third-order valence-electron chi connectivity index (χ3n) is 4.41. The number of ether oxygens (including phenoxy) is 2. The van der Waals surface area contributed by atoms with E-state index in [1.54, 1.807) is 0 Å². The number of rotatable bonds is 10. The molecule has 0 radical (unpaired) electrons. The van der Waals surface area contributed by atoms with E-state index < -0.39 is 17.5 Å². The molecular weight excluding hydrogens is 388 g/mol. The maximum atomic E-state index is 12.2. The molecule has 0 amide bonds. The minimum atomic E-state index is -1.20. The fourth-order valence-corrected chi connectivity index (χ4v) is 2.84. The van der Waals surface area contributed by atoms with Crippen LogP contribution in [-0.2, 0) is 24.5 Å². The third kappa shape index (κ3) is 6.15. The summed E-state index contributed by atoms with van der Waals surface area (Å²) in [6.45, 7) is -0.0527. The van der Waals surface area contributed by atoms with Crippen LogP contribution in [0.2, 0.25) is 0 Å². The predicted octanol–water partition coefficient (Wildman–Crippen LogP) is 1.38. The maximum absolute atomic E-state index is 12.2. The summed E-state index contributed by atoms with van der Waals surface area (Å²) >= 11 is 0. The van der Waals surface area contributed by atoms with Crippen LogP contribution in [0.25, 0.3) is 0 Å². The number of H-pyrrole nitrogens is 1. The van der Waals surface area contributed by atoms with Crippen LogP contribution in [0.5, 0.6) is 5.75 Å². The molecule has 30 heavy (non-hydrogen) atoms. The number of nitrogens with zero attached hydrogens (tertiary/aromatic N) is 1. The summed E-state index contributed by atoms with van der Waals surface area (Å²) in [6.07, 6.45) is 0.526. The van der Waals surface area contributed by atoms with E-state index in [-0.39, 0.29) is 26.2 Å². The molecule has 158 valence electrons. The van der Waals surface area contributed by atoms with Gasteiger partial charge in [0.05, 0.1) is 0 Å². The van der Waals surface area contributed by atoms with Gasteiger partial charge in [-0.25, -0.2) is 4.79 Å². The third-order valence-corrected chi connectivity index (χ3v) is 4.41. The normalized spacial score (nSPS) is 11.9. The van der Waals surface area contributed by atoms with E-state index in [1.165, 1.54) is 6.20 Å². The zero-order chi connectivity index (χ0) is 21.3. The van der Waals surface area contributed by atoms with Gasteiger partial charge in [0.2, 0.25) is 0 Å². The highest BCUT2D eigenvalue weighted by molar-refractivity contribution is 5.32. The Bertz CT molecular complexity index is 1060. The van der Waals surface area contributed by atoms with Crippen LogP contribution in [0, 0.1) is 0 Å². The van der Waals surface area contributed by atoms with Gasteiger partial charge in [0.25, 0.3) is 5.56 Å². The Morgan fingerprint density at radius 2 is 1.80 bits per heavy atom. The standard InChI is InChI=1S/C22H24N2O6/c25-10-9-20(26)30-15-24-13-18(21(27)23-22(24)28)11-17-7-4-8-19(12-17)29-14-16-5-2-1-3-6-16/h1-8,12-13,20,25-26H,9-11,14-15H2,(H,23,27,28). The highest BCUT2D eigenvalue weighted by Gasteiger charge is 2.09. The quantitative estimate of drug-likeness (QED) is 0.434. The molecule has 2 aromatic carbocycles. The maximum Gasteiger partial charge on any atom is 0.330 e. The first-order valence-electron chi connectivity index (χ1n) is 9.54. The van der Waals surface area contributed by atoms with Gasteiger partial charge >= 0.3 is 5.69 Å². The van der Waals surface area contributed by atoms with Crippen LogP contribution in [0.15, 0.2) is 70.4 Å². The average molecular weight is 412 g/mol. The summed E-state index contributed by atoms with van der Waals surface area (Å²) in [5.74, 6) is 0.677. The van der Waals surface area contributed by atoms with Crippen molar-refractivity contribution in [3.8, 4) is 5.75 Å². The molecule has 0 aliphatic heterocycles. The molecule has 1 heterocycles. The highest BCUT2D eigenvalue weighted by Crippen LogP contribution is 2.17. The van der Waals surface area contributed by atoms with Crippen LogP contribution < -0.4 is 16.0 Å². The van der Waals surface area contributed by atoms with Gasteiger partial charge in [-0.15, -0.1) is 0 Å². The van der Waals surface area contributed by atoms with Crippen molar-refractivity contribution in [2.45, 2.75) is 32.5 Å². The summed E-state index contributed by atoms with van der Waals surface area (Å²) in [5, 5.41) is 18.3. The van der Waals surface area contributed by atoms with Crippen molar-refractivity contribution in [2.24, 2.45) is 0 Å². The second kappa shape index (κ2) is 10.5. The summed E-state index contributed by atoms with van der Waals surface area (Å²) in [4.78, 5) is 26.4. The topological polar surface area (TPSA) is 114 Å². The Morgan fingerprint density at radius 1 is 1.03 bits per heavy atom. The predicted molar refractivity (Wildman–Crippen MR) is 110 cm³/mol. The van der Waals surface area contributed by atoms with E-state index in [4.69, 9.17) is 14.6 Å². The van der Waals surface area contributed by atoms with Gasteiger partial charge < -0.3 is 19.7 Å². The Morgan fingerprint density at radius 3 is 2.57 bits per heavy atom. The lowest BCUT2D eigenvalue weighted by molar-refractivity contribution is -0.134. The molecule has 3 N–H and O–H groups in total. The SMILES string of the molecule is O=c1[nH]c(=O)n(COC(O)CCO)cc1Cc1cccc(OCc2ccccc2)c1. The lowest BCUT2D eigenvalue weighted by atomic mass is 10.1. The molecule has 3 aromatic rings. The number of aliphatic hydroxyl groups is 2. The first-order chi connectivity index (χ1) is 14.5. The van der Waals surface area contributed by atoms with Crippen molar-refractivity contribution in [1.29, 1.82) is 0 Å². The Kier molecular flexibility index (Phi) is 7.56. The molecule has 1 aromatic heterocycles. The Hall–Kier alpha value is -3.20. The smallest absolute Gasteiger partial charge is 0.330 e. The molecular formula is C22H24N2O6. The van der Waals surface area contributed by atoms with Gasteiger partial charge in [0, 0.05) is 31.2 Å². The van der Waals surface area contributed by atoms with Crippen molar-refractivity contribution in [2.75, 3.05) is 6.61 Å². The second-order valence-corrected chi connectivity index (χ2v) is 6.74. The van der Waals surface area contributed by atoms with E-state index in [0.717, 1.165) is 15.7 Å². The molecule has 0 spiro atoms. The zero-order valence-corrected chi connectivity index (χ0v) is 16.4. The van der Waals surface area contributed by atoms with Crippen LogP contribution in [0.1, 0.15) is 23.1 Å². The molecule has 0 aliphatic carbocycles. The van der Waals surface area contributed by atoms with Crippen LogP contribution in [0.3, 0.4) is 0 Å². The number of aromatic nitrogens is 2. The molecule has 1 atom stereocenters. The van der Waals surface area contributed by atoms with Crippen molar-refractivity contribution >= 4 is 0 Å². The average Bonchev–Trinajstić information content (AvgIpc) is 2.74. The van der Waals surface area contributed by atoms with Gasteiger partial charge in [-0.3, -0.25) is 14.3 Å². The molecule has 8 heteroatoms. The van der Waals surface area contributed by atoms with Gasteiger partial charge in [0.15, 0.2) is 6.29 Å². The van der Waals surface area contributed by atoms with Crippen molar-refractivity contribution in [1.82, 2.24) is 9.55 Å². The van der Waals surface area contributed by atoms with Crippen molar-refractivity contribution < 1.29 is 19.7 Å². The molecule has 8 nitrogen and oxygen atoms in total. The number of hydrogen-bond acceptors (Lipinski definition) is 6. The largest absolute Gasteiger partial charge is 0.489 e. The monoisotopic (exact) mass is 412 g/mol. The van der Waals surface area contributed by atoms with Crippen molar-refractivity contribution in [3.05, 3.63) is 98.3 Å². The number of benzene rings is 2. The number of nitrogens with one attached hydrogen (secondary N) is 1. The summed E-state index contributed by atoms with van der Waals surface area (Å²) < 4.78 is 12.1. The fraction of sp³-hybridized carbons (Fsp3) is 0.273. The highest BCUT2D eigenvalue weighted by atomic mass is 16.6. The first kappa shape index (κ1) is 21.5. The first-order valence-corrected chi connectivity index (χ1v) is 9.54. The van der Waals surface area contributed by atoms with Crippen LogP contribution in [-0.4, -0.2) is 32.7 Å². The van der Waals surface area contributed by atoms with E-state index in [9.17, 15) is 14.7 Å². The molecule has 0 fully saturated rings. The number of aromatic amines is 1. The zero-order valence-electron chi connectivity index (χ0n) is 16.4. The van der Waals surface area contributed by atoms with Crippen LogP contribution in [0.4, 0.5) is 0 Å². The van der Waals surface area contributed by atoms with Gasteiger partial charge in [-0.05, 0) is 23.3 Å². The minimum Gasteiger partial charge on any atom is -0.489 e. The summed E-state index contributed by atoms with van der Waals surface area (Å²) in [5.41, 5.74) is 1.14. The van der Waals surface area contributed by atoms with Crippen LogP contribution >= 0.6 is 0 Å². The molecule has 0 aliphatic rings. The summed E-state index contributed by atoms with van der Waals surface area (Å²) in [6, 6.07) is 17.2. The minimum absolute atomic E-state index is 0.0285. The van der Waals surface area contributed by atoms with Crippen molar-refractivity contribution in [3.63, 3.8) is 0 Å². The number of aliphatic hydroxyl groups excluding tert-OH is 2. The summed E-state index contributed by atoms with van der Waals surface area (Å²) in [7, 11) is 0. The van der Waals surface area contributed by atoms with Gasteiger partial charge in [0.1, 0.15) is 19.1 Å². The van der Waals surface area contributed by atoms with E-state index in [0.29, 0.717) is 17.9 Å².